The van der Waals surface area contributed by atoms with Crippen LogP contribution in [-0.2, 0) is 15.1 Å². The maximum absolute atomic E-state index is 12.6. The van der Waals surface area contributed by atoms with Crippen molar-refractivity contribution in [1.82, 2.24) is 0 Å². The van der Waals surface area contributed by atoms with Gasteiger partial charge in [0.25, 0.3) is 0 Å². The Morgan fingerprint density at radius 1 is 0.771 bits per heavy atom. The molecule has 0 aromatic heterocycles. The summed E-state index contributed by atoms with van der Waals surface area (Å²) < 4.78 is 11.7. The van der Waals surface area contributed by atoms with Gasteiger partial charge in [-0.2, -0.15) is 10.9 Å². The van der Waals surface area contributed by atoms with Crippen molar-refractivity contribution in [2.24, 2.45) is 0 Å². The Kier molecular flexibility index (Phi) is 6.16. The minimum absolute atomic E-state index is 0.127. The van der Waals surface area contributed by atoms with Crippen LogP contribution in [0.1, 0.15) is 30.5 Å². The molecular weight excluding hydrogens is 452 g/mol. The molecule has 0 saturated carbocycles. The molecule has 1 heterocycles. The molecule has 0 unspecified atom stereocenters. The van der Waals surface area contributed by atoms with Gasteiger partial charge in [-0.15, -0.1) is 0 Å². The standard InChI is InChI=1S/C31H30O3S/c1-21-18-24(35-27-16-10-8-14-25(27)26-15-9-11-17-28(26)35)19-22(2)30(21)33-20-29(32)34-31(3,4)23-12-6-5-7-13-23/h5-19,35H,20H2,1-4H3. The van der Waals surface area contributed by atoms with Gasteiger partial charge in [0.15, 0.2) is 6.61 Å². The summed E-state index contributed by atoms with van der Waals surface area (Å²) in [6.45, 7) is 7.76. The Labute approximate surface area is 210 Å². The number of hydrogen-bond donors (Lipinski definition) is 1. The van der Waals surface area contributed by atoms with Crippen LogP contribution in [0.5, 0.6) is 5.75 Å². The van der Waals surface area contributed by atoms with Crippen molar-refractivity contribution < 1.29 is 14.3 Å². The molecular formula is C31H30O3S. The van der Waals surface area contributed by atoms with Crippen LogP contribution in [0.15, 0.2) is 106 Å². The Bertz CT molecular complexity index is 1320. The first kappa shape index (κ1) is 23.3. The summed E-state index contributed by atoms with van der Waals surface area (Å²) in [5.41, 5.74) is 4.94. The second-order valence-electron chi connectivity index (χ2n) is 9.42. The minimum atomic E-state index is -0.721. The number of aryl methyl sites for hydroxylation is 2. The van der Waals surface area contributed by atoms with E-state index in [0.717, 1.165) is 22.4 Å². The van der Waals surface area contributed by atoms with Crippen molar-refractivity contribution in [2.45, 2.75) is 48.0 Å². The van der Waals surface area contributed by atoms with Gasteiger partial charge >= 0.3 is 5.97 Å². The van der Waals surface area contributed by atoms with Crippen molar-refractivity contribution in [1.29, 1.82) is 0 Å². The number of benzene rings is 4. The van der Waals surface area contributed by atoms with Gasteiger partial charge < -0.3 is 9.47 Å². The SMILES string of the molecule is Cc1cc([SH]2c3ccccc3-c3ccccc32)cc(C)c1OCC(=O)OC(C)(C)c1ccccc1. The predicted octanol–water partition coefficient (Wildman–Crippen LogP) is 7.62. The number of carbonyl (C=O) groups is 1. The zero-order valence-corrected chi connectivity index (χ0v) is 21.4. The smallest absolute Gasteiger partial charge is 0.345 e. The molecule has 0 amide bonds. The van der Waals surface area contributed by atoms with Crippen LogP contribution >= 0.6 is 10.9 Å². The second kappa shape index (κ2) is 9.27. The predicted molar refractivity (Wildman–Crippen MR) is 143 cm³/mol. The summed E-state index contributed by atoms with van der Waals surface area (Å²) in [7, 11) is -0.630. The van der Waals surface area contributed by atoms with E-state index >= 15 is 0 Å². The minimum Gasteiger partial charge on any atom is -0.481 e. The molecule has 4 aromatic rings. The summed E-state index contributed by atoms with van der Waals surface area (Å²) in [6.07, 6.45) is 0. The molecule has 5 rings (SSSR count). The fourth-order valence-corrected chi connectivity index (χ4v) is 7.63. The van der Waals surface area contributed by atoms with E-state index in [1.807, 2.05) is 58.0 Å². The number of carbonyl (C=O) groups excluding carboxylic acids is 1. The van der Waals surface area contributed by atoms with Crippen LogP contribution in [0.4, 0.5) is 0 Å². The van der Waals surface area contributed by atoms with Gasteiger partial charge in [0.05, 0.1) is 0 Å². The highest BCUT2D eigenvalue weighted by atomic mass is 32.2. The van der Waals surface area contributed by atoms with E-state index in [0.29, 0.717) is 0 Å². The summed E-state index contributed by atoms with van der Waals surface area (Å²) in [5.74, 6) is 0.365. The monoisotopic (exact) mass is 482 g/mol. The quantitative estimate of drug-likeness (QED) is 0.200. The average molecular weight is 483 g/mol. The lowest BCUT2D eigenvalue weighted by Gasteiger charge is -2.26. The highest BCUT2D eigenvalue weighted by Crippen LogP contribution is 2.62. The van der Waals surface area contributed by atoms with E-state index in [2.05, 4.69) is 60.7 Å². The number of hydrogen-bond acceptors (Lipinski definition) is 3. The Hall–Kier alpha value is -3.50. The number of thiol groups is 1. The maximum atomic E-state index is 12.6. The largest absolute Gasteiger partial charge is 0.481 e. The van der Waals surface area contributed by atoms with Crippen LogP contribution in [0.25, 0.3) is 11.1 Å². The fourth-order valence-electron chi connectivity index (χ4n) is 4.83. The fraction of sp³-hybridized carbons (Fsp3) is 0.194. The van der Waals surface area contributed by atoms with Crippen LogP contribution in [0, 0.1) is 13.8 Å². The van der Waals surface area contributed by atoms with Crippen LogP contribution in [0.3, 0.4) is 0 Å². The third-order valence-electron chi connectivity index (χ3n) is 6.46. The Morgan fingerprint density at radius 3 is 1.86 bits per heavy atom. The van der Waals surface area contributed by atoms with E-state index in [1.54, 1.807) is 0 Å². The first-order valence-corrected chi connectivity index (χ1v) is 13.2. The maximum Gasteiger partial charge on any atom is 0.345 e. The van der Waals surface area contributed by atoms with Crippen LogP contribution < -0.4 is 4.74 Å². The van der Waals surface area contributed by atoms with Gasteiger partial charge in [-0.1, -0.05) is 66.7 Å². The van der Waals surface area contributed by atoms with E-state index in [-0.39, 0.29) is 12.6 Å². The highest BCUT2D eigenvalue weighted by Gasteiger charge is 2.28. The molecule has 1 aliphatic heterocycles. The lowest BCUT2D eigenvalue weighted by Crippen LogP contribution is -2.28. The van der Waals surface area contributed by atoms with E-state index in [1.165, 1.54) is 25.8 Å². The molecule has 0 saturated heterocycles. The lowest BCUT2D eigenvalue weighted by atomic mass is 9.98. The molecule has 4 aromatic carbocycles. The summed E-state index contributed by atoms with van der Waals surface area (Å²) in [6, 6.07) is 31.6. The Balaban J connectivity index is 1.36. The molecule has 0 fully saturated rings. The number of fused-ring (bicyclic) bond motifs is 3. The van der Waals surface area contributed by atoms with Crippen molar-refractivity contribution in [3.05, 3.63) is 108 Å². The van der Waals surface area contributed by atoms with Crippen molar-refractivity contribution >= 4 is 16.9 Å². The van der Waals surface area contributed by atoms with E-state index in [9.17, 15) is 4.79 Å². The summed E-state index contributed by atoms with van der Waals surface area (Å²) in [5, 5.41) is 0. The summed E-state index contributed by atoms with van der Waals surface area (Å²) >= 11 is 0. The van der Waals surface area contributed by atoms with Gasteiger partial charge in [0.1, 0.15) is 11.4 Å². The van der Waals surface area contributed by atoms with Crippen molar-refractivity contribution in [2.75, 3.05) is 6.61 Å². The number of ether oxygens (including phenoxy) is 2. The zero-order valence-electron chi connectivity index (χ0n) is 20.5. The zero-order chi connectivity index (χ0) is 24.6. The summed E-state index contributed by atoms with van der Waals surface area (Å²) in [4.78, 5) is 16.7. The van der Waals surface area contributed by atoms with Crippen LogP contribution in [0.2, 0.25) is 0 Å². The van der Waals surface area contributed by atoms with Gasteiger partial charge in [-0.3, -0.25) is 0 Å². The topological polar surface area (TPSA) is 35.5 Å². The van der Waals surface area contributed by atoms with Crippen molar-refractivity contribution in [3.63, 3.8) is 0 Å². The molecule has 1 aliphatic rings. The first-order valence-electron chi connectivity index (χ1n) is 11.8. The van der Waals surface area contributed by atoms with Crippen LogP contribution in [-0.4, -0.2) is 12.6 Å². The molecule has 0 N–H and O–H groups in total. The van der Waals surface area contributed by atoms with E-state index in [4.69, 9.17) is 9.47 Å². The molecule has 0 radical (unpaired) electrons. The van der Waals surface area contributed by atoms with Gasteiger partial charge in [0, 0.05) is 9.79 Å². The molecule has 35 heavy (non-hydrogen) atoms. The lowest BCUT2D eigenvalue weighted by molar-refractivity contribution is -0.159. The molecule has 0 atom stereocenters. The second-order valence-corrected chi connectivity index (χ2v) is 11.6. The van der Waals surface area contributed by atoms with Gasteiger partial charge in [-0.05, 0) is 84.7 Å². The molecule has 178 valence electrons. The third-order valence-corrected chi connectivity index (χ3v) is 8.97. The average Bonchev–Trinajstić information content (AvgIpc) is 3.18. The molecule has 3 nitrogen and oxygen atoms in total. The van der Waals surface area contributed by atoms with E-state index < -0.39 is 16.5 Å². The highest BCUT2D eigenvalue weighted by molar-refractivity contribution is 8.17. The molecule has 0 spiro atoms. The number of esters is 1. The van der Waals surface area contributed by atoms with Gasteiger partial charge in [-0.25, -0.2) is 4.79 Å². The van der Waals surface area contributed by atoms with Crippen molar-refractivity contribution in [3.8, 4) is 16.9 Å². The number of rotatable bonds is 6. The molecule has 4 heteroatoms. The normalized spacial score (nSPS) is 13.2. The Morgan fingerprint density at radius 2 is 1.29 bits per heavy atom. The molecule has 0 bridgehead atoms. The first-order chi connectivity index (χ1) is 16.8. The molecule has 0 aliphatic carbocycles. The van der Waals surface area contributed by atoms with Gasteiger partial charge in [0.2, 0.25) is 0 Å². The third kappa shape index (κ3) is 4.46.